The maximum atomic E-state index is 4.37. The molecule has 118 valence electrons. The number of benzene rings is 1. The lowest BCUT2D eigenvalue weighted by Crippen LogP contribution is -2.30. The van der Waals surface area contributed by atoms with E-state index in [1.54, 1.807) is 0 Å². The molecule has 1 aliphatic rings. The minimum absolute atomic E-state index is 0.394. The first-order valence-corrected chi connectivity index (χ1v) is 8.46. The van der Waals surface area contributed by atoms with Crippen LogP contribution in [0.1, 0.15) is 43.5 Å². The van der Waals surface area contributed by atoms with E-state index in [0.29, 0.717) is 6.04 Å². The van der Waals surface area contributed by atoms with Crippen LogP contribution in [0.2, 0.25) is 0 Å². The predicted molar refractivity (Wildman–Crippen MR) is 88.8 cm³/mol. The van der Waals surface area contributed by atoms with Gasteiger partial charge in [0.15, 0.2) is 0 Å². The molecule has 1 aromatic carbocycles. The van der Waals surface area contributed by atoms with E-state index in [2.05, 4.69) is 59.1 Å². The third-order valence-corrected chi connectivity index (χ3v) is 4.60. The summed E-state index contributed by atoms with van der Waals surface area (Å²) in [6.45, 7) is 4.51. The van der Waals surface area contributed by atoms with Crippen LogP contribution in [0.25, 0.3) is 0 Å². The predicted octanol–water partition coefficient (Wildman–Crippen LogP) is 3.01. The summed E-state index contributed by atoms with van der Waals surface area (Å²) in [4.78, 5) is 0. The Bertz CT molecular complexity index is 557. The lowest BCUT2D eigenvalue weighted by atomic mass is 9.95. The Hall–Kier alpha value is -1.68. The van der Waals surface area contributed by atoms with Crippen molar-refractivity contribution in [1.29, 1.82) is 0 Å². The zero-order valence-corrected chi connectivity index (χ0v) is 13.4. The molecule has 4 nitrogen and oxygen atoms in total. The third kappa shape index (κ3) is 4.17. The van der Waals surface area contributed by atoms with Crippen LogP contribution in [0.4, 0.5) is 0 Å². The van der Waals surface area contributed by atoms with Gasteiger partial charge in [-0.2, -0.15) is 0 Å². The van der Waals surface area contributed by atoms with Gasteiger partial charge in [0.25, 0.3) is 0 Å². The van der Waals surface area contributed by atoms with E-state index < -0.39 is 0 Å². The lowest BCUT2D eigenvalue weighted by molar-refractivity contribution is 0.373. The fourth-order valence-electron chi connectivity index (χ4n) is 3.17. The highest BCUT2D eigenvalue weighted by atomic mass is 15.4. The van der Waals surface area contributed by atoms with Crippen molar-refractivity contribution in [3.8, 4) is 0 Å². The molecule has 1 N–H and O–H groups in total. The Morgan fingerprint density at radius 1 is 1.32 bits per heavy atom. The van der Waals surface area contributed by atoms with Gasteiger partial charge in [-0.25, -0.2) is 4.68 Å². The molecule has 1 fully saturated rings. The van der Waals surface area contributed by atoms with Crippen LogP contribution in [0.5, 0.6) is 0 Å². The molecule has 2 unspecified atom stereocenters. The van der Waals surface area contributed by atoms with E-state index in [-0.39, 0.29) is 0 Å². The smallest absolute Gasteiger partial charge is 0.0830 e. The van der Waals surface area contributed by atoms with Crippen molar-refractivity contribution < 1.29 is 0 Å². The number of piperidine rings is 1. The zero-order valence-electron chi connectivity index (χ0n) is 13.4. The van der Waals surface area contributed by atoms with Gasteiger partial charge < -0.3 is 5.32 Å². The Balaban J connectivity index is 1.51. The van der Waals surface area contributed by atoms with Crippen LogP contribution in [-0.4, -0.2) is 28.1 Å². The minimum Gasteiger partial charge on any atom is -0.316 e. The van der Waals surface area contributed by atoms with E-state index in [1.165, 1.54) is 24.9 Å². The van der Waals surface area contributed by atoms with E-state index in [0.717, 1.165) is 37.4 Å². The fraction of sp³-hybridized carbons (Fsp3) is 0.556. The normalized spacial score (nSPS) is 20.0. The SMILES string of the molecule is CC(CCc1ccccc1)n1cc(CC2CCCNC2)nn1. The average molecular weight is 298 g/mol. The monoisotopic (exact) mass is 298 g/mol. The van der Waals surface area contributed by atoms with Gasteiger partial charge in [-0.3, -0.25) is 0 Å². The molecule has 0 amide bonds. The Morgan fingerprint density at radius 3 is 2.95 bits per heavy atom. The second kappa shape index (κ2) is 7.54. The molecule has 1 aliphatic heterocycles. The molecule has 2 atom stereocenters. The third-order valence-electron chi connectivity index (χ3n) is 4.60. The van der Waals surface area contributed by atoms with Crippen LogP contribution >= 0.6 is 0 Å². The highest BCUT2D eigenvalue weighted by molar-refractivity contribution is 5.14. The summed E-state index contributed by atoms with van der Waals surface area (Å²) < 4.78 is 2.04. The van der Waals surface area contributed by atoms with Crippen molar-refractivity contribution in [3.05, 3.63) is 47.8 Å². The first-order valence-electron chi connectivity index (χ1n) is 8.46. The van der Waals surface area contributed by atoms with Crippen LogP contribution in [-0.2, 0) is 12.8 Å². The number of aryl methyl sites for hydroxylation is 1. The molecular weight excluding hydrogens is 272 g/mol. The Morgan fingerprint density at radius 2 is 2.18 bits per heavy atom. The number of nitrogens with one attached hydrogen (secondary N) is 1. The van der Waals surface area contributed by atoms with Gasteiger partial charge in [0.05, 0.1) is 11.7 Å². The molecule has 1 aromatic heterocycles. The molecule has 3 rings (SSSR count). The highest BCUT2D eigenvalue weighted by Crippen LogP contribution is 2.17. The van der Waals surface area contributed by atoms with E-state index in [9.17, 15) is 0 Å². The molecule has 0 spiro atoms. The largest absolute Gasteiger partial charge is 0.316 e. The molecule has 0 aliphatic carbocycles. The van der Waals surface area contributed by atoms with Crippen molar-refractivity contribution >= 4 is 0 Å². The molecular formula is C18H26N4. The van der Waals surface area contributed by atoms with Crippen LogP contribution in [0, 0.1) is 5.92 Å². The summed E-state index contributed by atoms with van der Waals surface area (Å²) in [5.74, 6) is 0.721. The standard InChI is InChI=1S/C18H26N4/c1-15(9-10-16-6-3-2-4-7-16)22-14-18(20-21-22)12-17-8-5-11-19-13-17/h2-4,6-7,14-15,17,19H,5,8-13H2,1H3. The Labute approximate surface area is 132 Å². The van der Waals surface area contributed by atoms with Crippen LogP contribution in [0.3, 0.4) is 0 Å². The number of rotatable bonds is 6. The topological polar surface area (TPSA) is 42.7 Å². The summed E-state index contributed by atoms with van der Waals surface area (Å²) in [5, 5.41) is 12.2. The van der Waals surface area contributed by atoms with Gasteiger partial charge in [0, 0.05) is 6.20 Å². The highest BCUT2D eigenvalue weighted by Gasteiger charge is 2.16. The molecule has 2 aromatic rings. The quantitative estimate of drug-likeness (QED) is 0.891. The number of aromatic nitrogens is 3. The number of hydrogen-bond acceptors (Lipinski definition) is 3. The fourth-order valence-corrected chi connectivity index (χ4v) is 3.17. The van der Waals surface area contributed by atoms with Gasteiger partial charge in [-0.05, 0) is 63.6 Å². The molecule has 2 heterocycles. The van der Waals surface area contributed by atoms with Gasteiger partial charge in [-0.15, -0.1) is 5.10 Å². The average Bonchev–Trinajstić information content (AvgIpc) is 3.03. The van der Waals surface area contributed by atoms with Crippen molar-refractivity contribution in [2.75, 3.05) is 13.1 Å². The molecule has 0 saturated carbocycles. The van der Waals surface area contributed by atoms with Gasteiger partial charge >= 0.3 is 0 Å². The minimum atomic E-state index is 0.394. The lowest BCUT2D eigenvalue weighted by Gasteiger charge is -2.21. The molecule has 22 heavy (non-hydrogen) atoms. The maximum Gasteiger partial charge on any atom is 0.0830 e. The Kier molecular flexibility index (Phi) is 5.22. The van der Waals surface area contributed by atoms with Crippen molar-refractivity contribution in [1.82, 2.24) is 20.3 Å². The van der Waals surface area contributed by atoms with Crippen LogP contribution in [0.15, 0.2) is 36.5 Å². The first-order chi connectivity index (χ1) is 10.8. The van der Waals surface area contributed by atoms with E-state index in [1.807, 2.05) is 4.68 Å². The number of nitrogens with zero attached hydrogens (tertiary/aromatic N) is 3. The summed E-state index contributed by atoms with van der Waals surface area (Å²) in [6, 6.07) is 11.0. The van der Waals surface area contributed by atoms with Crippen molar-refractivity contribution in [2.45, 2.75) is 45.1 Å². The van der Waals surface area contributed by atoms with Gasteiger partial charge in [-0.1, -0.05) is 35.5 Å². The van der Waals surface area contributed by atoms with E-state index >= 15 is 0 Å². The van der Waals surface area contributed by atoms with Crippen molar-refractivity contribution in [2.24, 2.45) is 5.92 Å². The molecule has 0 radical (unpaired) electrons. The summed E-state index contributed by atoms with van der Waals surface area (Å²) in [6.07, 6.45) is 7.97. The van der Waals surface area contributed by atoms with Crippen molar-refractivity contribution in [3.63, 3.8) is 0 Å². The molecule has 4 heteroatoms. The maximum absolute atomic E-state index is 4.37. The summed E-state index contributed by atoms with van der Waals surface area (Å²) in [7, 11) is 0. The second-order valence-electron chi connectivity index (χ2n) is 6.48. The van der Waals surface area contributed by atoms with Gasteiger partial charge in [0.1, 0.15) is 0 Å². The summed E-state index contributed by atoms with van der Waals surface area (Å²) in [5.41, 5.74) is 2.53. The molecule has 1 saturated heterocycles. The first kappa shape index (κ1) is 15.2. The van der Waals surface area contributed by atoms with Gasteiger partial charge in [0.2, 0.25) is 0 Å². The van der Waals surface area contributed by atoms with Crippen LogP contribution < -0.4 is 5.32 Å². The summed E-state index contributed by atoms with van der Waals surface area (Å²) >= 11 is 0. The van der Waals surface area contributed by atoms with E-state index in [4.69, 9.17) is 0 Å². The zero-order chi connectivity index (χ0) is 15.2. The second-order valence-corrected chi connectivity index (χ2v) is 6.48. The number of hydrogen-bond donors (Lipinski definition) is 1. The molecule has 0 bridgehead atoms.